The highest BCUT2D eigenvalue weighted by Crippen LogP contribution is 2.78. The quantitative estimate of drug-likeness (QED) is 0.398. The highest BCUT2D eigenvalue weighted by Gasteiger charge is 2.71. The van der Waals surface area contributed by atoms with Gasteiger partial charge >= 0.3 is 0 Å². The molecule has 0 N–H and O–H groups in total. The summed E-state index contributed by atoms with van der Waals surface area (Å²) in [7, 11) is 1.76. The Morgan fingerprint density at radius 1 is 0.727 bits per heavy atom. The van der Waals surface area contributed by atoms with E-state index < -0.39 is 0 Å². The molecule has 0 unspecified atom stereocenters. The molecule has 188 valence electrons. The third-order valence-electron chi connectivity index (χ3n) is 14.0. The van der Waals surface area contributed by atoms with E-state index in [-0.39, 0.29) is 17.4 Å². The van der Waals surface area contributed by atoms with Crippen molar-refractivity contribution in [3.8, 4) is 0 Å². The number of ether oxygens (including phenoxy) is 1. The molecule has 0 spiro atoms. The second-order valence-corrected chi connectivity index (χ2v) is 15.6. The van der Waals surface area contributed by atoms with Gasteiger partial charge in [0.25, 0.3) is 0 Å². The Morgan fingerprint density at radius 3 is 2.00 bits per heavy atom. The molecule has 0 aromatic heterocycles. The predicted octanol–water partition coefficient (Wildman–Crippen LogP) is 8.08. The molecule has 5 aliphatic rings. The maximum Gasteiger partial charge on any atom is 0.164 e. The molecule has 5 rings (SSSR count). The van der Waals surface area contributed by atoms with Gasteiger partial charge in [-0.05, 0) is 114 Å². The fourth-order valence-corrected chi connectivity index (χ4v) is 11.3. The van der Waals surface area contributed by atoms with E-state index in [1.807, 2.05) is 0 Å². The molecule has 10 atom stereocenters. The van der Waals surface area contributed by atoms with Gasteiger partial charge in [-0.3, -0.25) is 4.79 Å². The molecule has 5 fully saturated rings. The van der Waals surface area contributed by atoms with Gasteiger partial charge in [-0.25, -0.2) is 0 Å². The first-order valence-electron chi connectivity index (χ1n) is 14.2. The second-order valence-electron chi connectivity index (χ2n) is 15.6. The van der Waals surface area contributed by atoms with Gasteiger partial charge in [0, 0.05) is 13.0 Å². The van der Waals surface area contributed by atoms with E-state index in [2.05, 4.69) is 55.4 Å². The zero-order valence-electron chi connectivity index (χ0n) is 23.3. The van der Waals surface area contributed by atoms with Crippen molar-refractivity contribution in [3.05, 3.63) is 0 Å². The van der Waals surface area contributed by atoms with Crippen molar-refractivity contribution >= 4 is 5.78 Å². The lowest BCUT2D eigenvalue weighted by molar-refractivity contribution is -0.260. The number of carbonyl (C=O) groups excluding carboxylic acids is 1. The molecular formula is C31H52O2. The summed E-state index contributed by atoms with van der Waals surface area (Å²) in [5.41, 5.74) is 2.33. The lowest BCUT2D eigenvalue weighted by Gasteiger charge is -2.75. The number of fused-ring (bicyclic) bond motifs is 7. The first-order valence-corrected chi connectivity index (χ1v) is 14.2. The molecule has 0 aromatic carbocycles. The second kappa shape index (κ2) is 7.10. The normalized spacial score (nSPS) is 58.0. The SMILES string of the molecule is CO[C@@H]1C[C@@H]2[C@](C)(CC[C@@H]3[C@]2(C)CC[C@@]2(C)[C@H]4CC(C)(C)CC[C@]4(C)CC[C@]32C)[C@@H](C)C1=O. The Hall–Kier alpha value is -0.370. The summed E-state index contributed by atoms with van der Waals surface area (Å²) in [5.74, 6) is 2.70. The Kier molecular flexibility index (Phi) is 5.24. The van der Waals surface area contributed by atoms with Crippen LogP contribution >= 0.6 is 0 Å². The van der Waals surface area contributed by atoms with Crippen LogP contribution in [0.25, 0.3) is 0 Å². The summed E-state index contributed by atoms with van der Waals surface area (Å²) in [6, 6.07) is 0. The summed E-state index contributed by atoms with van der Waals surface area (Å²) in [6.07, 6.45) is 13.1. The summed E-state index contributed by atoms with van der Waals surface area (Å²) < 4.78 is 5.80. The van der Waals surface area contributed by atoms with Gasteiger partial charge in [-0.15, -0.1) is 0 Å². The van der Waals surface area contributed by atoms with Crippen molar-refractivity contribution in [1.82, 2.24) is 0 Å². The highest BCUT2D eigenvalue weighted by atomic mass is 16.5. The van der Waals surface area contributed by atoms with Gasteiger partial charge in [0.1, 0.15) is 6.10 Å². The molecular weight excluding hydrogens is 404 g/mol. The first-order chi connectivity index (χ1) is 15.2. The number of Topliss-reactive ketones (excluding diaryl/α,β-unsaturated/α-hetero) is 1. The minimum absolute atomic E-state index is 0.119. The average molecular weight is 457 g/mol. The molecule has 0 radical (unpaired) electrons. The third-order valence-corrected chi connectivity index (χ3v) is 14.0. The van der Waals surface area contributed by atoms with Crippen LogP contribution < -0.4 is 0 Å². The topological polar surface area (TPSA) is 26.3 Å². The molecule has 0 heterocycles. The van der Waals surface area contributed by atoms with Crippen LogP contribution in [0.2, 0.25) is 0 Å². The number of carbonyl (C=O) groups is 1. The molecule has 5 aliphatic carbocycles. The smallest absolute Gasteiger partial charge is 0.164 e. The lowest BCUT2D eigenvalue weighted by Crippen LogP contribution is -2.68. The lowest BCUT2D eigenvalue weighted by atomic mass is 9.30. The Balaban J connectivity index is 1.55. The zero-order valence-corrected chi connectivity index (χ0v) is 23.3. The molecule has 0 bridgehead atoms. The molecule has 2 heteroatoms. The number of methoxy groups -OCH3 is 1. The molecule has 5 saturated carbocycles. The summed E-state index contributed by atoms with van der Waals surface area (Å²) in [4.78, 5) is 13.2. The number of hydrogen-bond donors (Lipinski definition) is 0. The van der Waals surface area contributed by atoms with Gasteiger partial charge in [0.05, 0.1) is 0 Å². The standard InChI is InChI=1S/C31H52O2/c1-20-25(32)21(33-9)18-23-28(20,5)11-10-22-29(23,6)15-17-31(8)24-19-26(2,3)12-13-27(24,4)14-16-30(22,31)7/h20-24H,10-19H2,1-9H3/t20-,21+,22+,23+,24-,27+,28+,29-,30+,31-/m0/s1. The van der Waals surface area contributed by atoms with E-state index in [9.17, 15) is 4.79 Å². The Morgan fingerprint density at radius 2 is 1.33 bits per heavy atom. The van der Waals surface area contributed by atoms with Gasteiger partial charge < -0.3 is 4.74 Å². The van der Waals surface area contributed by atoms with E-state index in [4.69, 9.17) is 4.74 Å². The number of ketones is 1. The highest BCUT2D eigenvalue weighted by molar-refractivity contribution is 5.87. The molecule has 2 nitrogen and oxygen atoms in total. The van der Waals surface area contributed by atoms with Crippen molar-refractivity contribution in [1.29, 1.82) is 0 Å². The number of rotatable bonds is 1. The largest absolute Gasteiger partial charge is 0.374 e. The van der Waals surface area contributed by atoms with Crippen molar-refractivity contribution in [2.75, 3.05) is 7.11 Å². The minimum atomic E-state index is -0.191. The van der Waals surface area contributed by atoms with Crippen LogP contribution in [-0.2, 0) is 9.53 Å². The van der Waals surface area contributed by atoms with E-state index >= 15 is 0 Å². The molecule has 0 amide bonds. The Bertz CT molecular complexity index is 831. The van der Waals surface area contributed by atoms with Crippen LogP contribution in [0, 0.1) is 56.2 Å². The van der Waals surface area contributed by atoms with Crippen LogP contribution in [0.15, 0.2) is 0 Å². The van der Waals surface area contributed by atoms with E-state index in [1.54, 1.807) is 7.11 Å². The van der Waals surface area contributed by atoms with E-state index in [0.29, 0.717) is 38.8 Å². The van der Waals surface area contributed by atoms with E-state index in [1.165, 1.54) is 57.8 Å². The zero-order chi connectivity index (χ0) is 24.2. The van der Waals surface area contributed by atoms with E-state index in [0.717, 1.165) is 18.3 Å². The summed E-state index contributed by atoms with van der Waals surface area (Å²) in [5, 5.41) is 0. The van der Waals surface area contributed by atoms with Crippen LogP contribution in [-0.4, -0.2) is 19.0 Å². The average Bonchev–Trinajstić information content (AvgIpc) is 2.75. The summed E-state index contributed by atoms with van der Waals surface area (Å²) in [6.45, 7) is 20.5. The van der Waals surface area contributed by atoms with Crippen molar-refractivity contribution in [2.24, 2.45) is 56.2 Å². The molecule has 0 aromatic rings. The predicted molar refractivity (Wildman–Crippen MR) is 136 cm³/mol. The summed E-state index contributed by atoms with van der Waals surface area (Å²) >= 11 is 0. The van der Waals surface area contributed by atoms with Gasteiger partial charge in [-0.1, -0.05) is 55.4 Å². The van der Waals surface area contributed by atoms with Crippen LogP contribution in [0.3, 0.4) is 0 Å². The Labute approximate surface area is 204 Å². The van der Waals surface area contributed by atoms with Gasteiger partial charge in [-0.2, -0.15) is 0 Å². The van der Waals surface area contributed by atoms with Crippen molar-refractivity contribution in [2.45, 2.75) is 126 Å². The maximum absolute atomic E-state index is 13.2. The van der Waals surface area contributed by atoms with Crippen LogP contribution in [0.1, 0.15) is 120 Å². The minimum Gasteiger partial charge on any atom is -0.374 e. The van der Waals surface area contributed by atoms with Crippen LogP contribution in [0.5, 0.6) is 0 Å². The molecule has 33 heavy (non-hydrogen) atoms. The molecule has 0 aliphatic heterocycles. The molecule has 0 saturated heterocycles. The number of hydrogen-bond acceptors (Lipinski definition) is 2. The fraction of sp³-hybridized carbons (Fsp3) is 0.968. The van der Waals surface area contributed by atoms with Crippen molar-refractivity contribution < 1.29 is 9.53 Å². The monoisotopic (exact) mass is 456 g/mol. The van der Waals surface area contributed by atoms with Crippen molar-refractivity contribution in [3.63, 3.8) is 0 Å². The third kappa shape index (κ3) is 2.97. The van der Waals surface area contributed by atoms with Gasteiger partial charge in [0.2, 0.25) is 0 Å². The van der Waals surface area contributed by atoms with Crippen LogP contribution in [0.4, 0.5) is 0 Å². The first kappa shape index (κ1) is 24.3. The fourth-order valence-electron chi connectivity index (χ4n) is 11.3. The van der Waals surface area contributed by atoms with Gasteiger partial charge in [0.15, 0.2) is 5.78 Å². The maximum atomic E-state index is 13.2.